The molecule has 2 aliphatic heterocycles. The van der Waals surface area contributed by atoms with Gasteiger partial charge in [-0.15, -0.1) is 0 Å². The molecular formula is C20H22N2O4. The summed E-state index contributed by atoms with van der Waals surface area (Å²) in [4.78, 5) is 18.5. The van der Waals surface area contributed by atoms with Crippen molar-refractivity contribution in [1.29, 1.82) is 0 Å². The number of carbonyl (C=O) groups is 1. The first-order chi connectivity index (χ1) is 12.7. The van der Waals surface area contributed by atoms with Gasteiger partial charge in [-0.3, -0.25) is 4.79 Å². The normalized spacial score (nSPS) is 24.8. The van der Waals surface area contributed by atoms with Gasteiger partial charge in [-0.1, -0.05) is 24.3 Å². The molecule has 3 heterocycles. The van der Waals surface area contributed by atoms with Gasteiger partial charge in [0.2, 0.25) is 5.88 Å². The van der Waals surface area contributed by atoms with Gasteiger partial charge in [0.05, 0.1) is 12.2 Å². The van der Waals surface area contributed by atoms with E-state index in [0.29, 0.717) is 31.3 Å². The number of nitrogens with zero attached hydrogens (tertiary/aromatic N) is 2. The second-order valence-corrected chi connectivity index (χ2v) is 6.77. The van der Waals surface area contributed by atoms with Gasteiger partial charge in [-0.2, -0.15) is 0 Å². The summed E-state index contributed by atoms with van der Waals surface area (Å²) in [5.74, 6) is 1.31. The fourth-order valence-corrected chi connectivity index (χ4v) is 3.56. The predicted molar refractivity (Wildman–Crippen MR) is 95.1 cm³/mol. The summed E-state index contributed by atoms with van der Waals surface area (Å²) in [5, 5.41) is 0. The van der Waals surface area contributed by atoms with E-state index in [2.05, 4.69) is 4.98 Å². The van der Waals surface area contributed by atoms with Crippen LogP contribution in [0.25, 0.3) is 0 Å². The lowest BCUT2D eigenvalue weighted by molar-refractivity contribution is -0.133. The van der Waals surface area contributed by atoms with E-state index >= 15 is 0 Å². The Morgan fingerprint density at radius 2 is 2.08 bits per heavy atom. The number of hydrogen-bond acceptors (Lipinski definition) is 5. The third kappa shape index (κ3) is 3.80. The molecule has 0 bridgehead atoms. The zero-order chi connectivity index (χ0) is 17.8. The third-order valence-corrected chi connectivity index (χ3v) is 4.87. The van der Waals surface area contributed by atoms with E-state index in [-0.39, 0.29) is 24.2 Å². The third-order valence-electron chi connectivity index (χ3n) is 4.87. The number of amides is 1. The first-order valence-electron chi connectivity index (χ1n) is 8.90. The van der Waals surface area contributed by atoms with Crippen molar-refractivity contribution in [3.05, 3.63) is 54.7 Å². The average Bonchev–Trinajstić information content (AvgIpc) is 3.28. The Balaban J connectivity index is 1.28. The molecule has 0 aliphatic carbocycles. The topological polar surface area (TPSA) is 60.9 Å². The molecule has 6 heteroatoms. The van der Waals surface area contributed by atoms with Gasteiger partial charge < -0.3 is 19.1 Å². The van der Waals surface area contributed by atoms with Crippen LogP contribution in [0.1, 0.15) is 12.8 Å². The van der Waals surface area contributed by atoms with Crippen molar-refractivity contribution >= 4 is 5.91 Å². The molecule has 2 aliphatic rings. The van der Waals surface area contributed by atoms with Crippen molar-refractivity contribution in [1.82, 2.24) is 9.88 Å². The Hall–Kier alpha value is -2.60. The Labute approximate surface area is 152 Å². The van der Waals surface area contributed by atoms with E-state index < -0.39 is 0 Å². The van der Waals surface area contributed by atoms with E-state index in [1.165, 1.54) is 0 Å². The van der Waals surface area contributed by atoms with Crippen LogP contribution in [0.5, 0.6) is 11.6 Å². The van der Waals surface area contributed by atoms with Crippen LogP contribution in [-0.4, -0.2) is 53.8 Å². The van der Waals surface area contributed by atoms with Crippen LogP contribution in [0.15, 0.2) is 54.7 Å². The van der Waals surface area contributed by atoms with Crippen molar-refractivity contribution in [2.24, 2.45) is 0 Å². The molecule has 0 N–H and O–H groups in total. The average molecular weight is 354 g/mol. The van der Waals surface area contributed by atoms with Crippen molar-refractivity contribution in [3.8, 4) is 11.6 Å². The molecule has 0 radical (unpaired) electrons. The highest BCUT2D eigenvalue weighted by atomic mass is 16.6. The number of likely N-dealkylation sites (tertiary alicyclic amines) is 1. The second kappa shape index (κ2) is 7.33. The van der Waals surface area contributed by atoms with Gasteiger partial charge in [0.1, 0.15) is 11.9 Å². The molecule has 2 aromatic rings. The number of rotatable bonds is 5. The smallest absolute Gasteiger partial charge is 0.260 e. The monoisotopic (exact) mass is 354 g/mol. The molecule has 1 spiro atoms. The molecule has 2 fully saturated rings. The zero-order valence-electron chi connectivity index (χ0n) is 14.5. The quantitative estimate of drug-likeness (QED) is 0.825. The fraction of sp³-hybridized carbons (Fsp3) is 0.400. The van der Waals surface area contributed by atoms with Gasteiger partial charge >= 0.3 is 0 Å². The van der Waals surface area contributed by atoms with Crippen LogP contribution in [0.4, 0.5) is 0 Å². The number of benzene rings is 1. The molecule has 1 aromatic carbocycles. The van der Waals surface area contributed by atoms with E-state index in [0.717, 1.165) is 12.8 Å². The molecule has 1 amide bonds. The van der Waals surface area contributed by atoms with Crippen molar-refractivity contribution in [2.45, 2.75) is 24.5 Å². The van der Waals surface area contributed by atoms with Crippen molar-refractivity contribution in [3.63, 3.8) is 0 Å². The number of ether oxygens (including phenoxy) is 3. The first kappa shape index (κ1) is 16.8. The summed E-state index contributed by atoms with van der Waals surface area (Å²) in [6.45, 7) is 1.85. The summed E-state index contributed by atoms with van der Waals surface area (Å²) in [5.41, 5.74) is -0.304. The van der Waals surface area contributed by atoms with Crippen LogP contribution in [0, 0.1) is 0 Å². The van der Waals surface area contributed by atoms with Crippen molar-refractivity contribution < 1.29 is 19.0 Å². The molecule has 2 saturated heterocycles. The molecular weight excluding hydrogens is 332 g/mol. The van der Waals surface area contributed by atoms with Crippen LogP contribution in [0.3, 0.4) is 0 Å². The zero-order valence-corrected chi connectivity index (χ0v) is 14.5. The maximum Gasteiger partial charge on any atom is 0.260 e. The summed E-state index contributed by atoms with van der Waals surface area (Å²) in [7, 11) is 0. The van der Waals surface area contributed by atoms with E-state index in [1.807, 2.05) is 53.4 Å². The van der Waals surface area contributed by atoms with Crippen LogP contribution in [-0.2, 0) is 9.53 Å². The predicted octanol–water partition coefficient (Wildman–Crippen LogP) is 2.30. The van der Waals surface area contributed by atoms with Gasteiger partial charge in [0.25, 0.3) is 5.91 Å². The van der Waals surface area contributed by atoms with Gasteiger partial charge in [-0.05, 0) is 24.6 Å². The summed E-state index contributed by atoms with van der Waals surface area (Å²) in [6.07, 6.45) is 3.28. The van der Waals surface area contributed by atoms with Crippen LogP contribution < -0.4 is 9.47 Å². The first-order valence-corrected chi connectivity index (χ1v) is 8.90. The molecule has 0 unspecified atom stereocenters. The maximum absolute atomic E-state index is 12.4. The van der Waals surface area contributed by atoms with E-state index in [1.54, 1.807) is 6.20 Å². The molecule has 26 heavy (non-hydrogen) atoms. The molecule has 2 atom stereocenters. The molecule has 136 valence electrons. The molecule has 4 rings (SSSR count). The standard InChI is InChI=1S/C20H22N2O4/c23-19(14-24-16-6-2-1-3-7-16)22-11-9-20(15-22)12-17(13-25-20)26-18-8-4-5-10-21-18/h1-8,10,17H,9,11-15H2/t17-,20+/m1/s1. The Morgan fingerprint density at radius 1 is 1.23 bits per heavy atom. The minimum absolute atomic E-state index is 0.0107. The lowest BCUT2D eigenvalue weighted by atomic mass is 9.98. The van der Waals surface area contributed by atoms with E-state index in [9.17, 15) is 4.79 Å². The molecule has 0 saturated carbocycles. The number of pyridine rings is 1. The summed E-state index contributed by atoms with van der Waals surface area (Å²) in [6, 6.07) is 15.0. The SMILES string of the molecule is O=C(COc1ccccc1)N1CC[C@]2(C[C@@H](Oc3ccccn3)CO2)C1. The van der Waals surface area contributed by atoms with Gasteiger partial charge in [0.15, 0.2) is 6.61 Å². The highest BCUT2D eigenvalue weighted by molar-refractivity contribution is 5.78. The highest BCUT2D eigenvalue weighted by Gasteiger charge is 2.47. The lowest BCUT2D eigenvalue weighted by Gasteiger charge is -2.23. The van der Waals surface area contributed by atoms with E-state index in [4.69, 9.17) is 14.2 Å². The van der Waals surface area contributed by atoms with Crippen LogP contribution in [0.2, 0.25) is 0 Å². The maximum atomic E-state index is 12.4. The Morgan fingerprint density at radius 3 is 2.88 bits per heavy atom. The van der Waals surface area contributed by atoms with Crippen LogP contribution >= 0.6 is 0 Å². The molecule has 1 aromatic heterocycles. The Kier molecular flexibility index (Phi) is 4.75. The minimum atomic E-state index is -0.304. The van der Waals surface area contributed by atoms with Gasteiger partial charge in [-0.25, -0.2) is 4.98 Å². The summed E-state index contributed by atoms with van der Waals surface area (Å²) >= 11 is 0. The number of hydrogen-bond donors (Lipinski definition) is 0. The molecule has 6 nitrogen and oxygen atoms in total. The summed E-state index contributed by atoms with van der Waals surface area (Å²) < 4.78 is 17.5. The fourth-order valence-electron chi connectivity index (χ4n) is 3.56. The number of carbonyl (C=O) groups excluding carboxylic acids is 1. The largest absolute Gasteiger partial charge is 0.484 e. The lowest BCUT2D eigenvalue weighted by Crippen LogP contribution is -2.38. The second-order valence-electron chi connectivity index (χ2n) is 6.77. The Bertz CT molecular complexity index is 740. The minimum Gasteiger partial charge on any atom is -0.484 e. The number of para-hydroxylation sites is 1. The highest BCUT2D eigenvalue weighted by Crippen LogP contribution is 2.36. The van der Waals surface area contributed by atoms with Gasteiger partial charge in [0, 0.05) is 31.8 Å². The number of aromatic nitrogens is 1. The van der Waals surface area contributed by atoms with Crippen molar-refractivity contribution in [2.75, 3.05) is 26.3 Å².